The van der Waals surface area contributed by atoms with Crippen molar-refractivity contribution in [2.45, 2.75) is 39.0 Å². The first-order chi connectivity index (χ1) is 12.1. The number of H-pyrrole nitrogens is 1. The zero-order chi connectivity index (χ0) is 18.5. The zero-order valence-corrected chi connectivity index (χ0v) is 14.7. The molecule has 1 aromatic heterocycles. The molecule has 4 N–H and O–H groups in total. The van der Waals surface area contributed by atoms with Crippen LogP contribution in [-0.2, 0) is 4.79 Å². The standard InChI is InChI=1S/C19H27N3O3/c1-3-5-11-16-15(10-4-2)14-17(21-16)19(24)20-13-9-7-6-8-12-18(23)22-25/h3-5,10-11,14,21,25H,2,6-9,12-13H2,1H3,(H,20,24)(H,22,23)/b5-3-,15-10-,16-11+. The fraction of sp³-hybridized carbons (Fsp3) is 0.368. The molecule has 0 unspecified atom stereocenters. The number of allylic oxidation sites excluding steroid dienone is 3. The molecule has 0 fully saturated rings. The molecule has 0 aliphatic rings. The van der Waals surface area contributed by atoms with E-state index in [4.69, 9.17) is 5.21 Å². The number of unbranched alkanes of at least 4 members (excludes halogenated alkanes) is 3. The maximum atomic E-state index is 12.2. The first-order valence-electron chi connectivity index (χ1n) is 8.48. The number of rotatable bonds is 10. The Hall–Kier alpha value is -2.60. The molecular formula is C19H27N3O3. The SMILES string of the molecule is C=C/C=c1/cc(C(=O)NCCCCCCC(=O)NO)[nH]/c1=C/C=C\C. The highest BCUT2D eigenvalue weighted by atomic mass is 16.5. The molecule has 0 aromatic carbocycles. The van der Waals surface area contributed by atoms with E-state index in [0.717, 1.165) is 36.3 Å². The third-order valence-electron chi connectivity index (χ3n) is 3.62. The first kappa shape index (κ1) is 20.4. The molecule has 25 heavy (non-hydrogen) atoms. The quantitative estimate of drug-likeness (QED) is 0.294. The Morgan fingerprint density at radius 2 is 2.00 bits per heavy atom. The van der Waals surface area contributed by atoms with E-state index >= 15 is 0 Å². The number of aromatic nitrogens is 1. The van der Waals surface area contributed by atoms with Crippen molar-refractivity contribution in [1.82, 2.24) is 15.8 Å². The Morgan fingerprint density at radius 3 is 2.68 bits per heavy atom. The van der Waals surface area contributed by atoms with Gasteiger partial charge >= 0.3 is 0 Å². The summed E-state index contributed by atoms with van der Waals surface area (Å²) in [5.74, 6) is -0.504. The molecular weight excluding hydrogens is 318 g/mol. The van der Waals surface area contributed by atoms with E-state index in [-0.39, 0.29) is 11.8 Å². The molecule has 0 aliphatic carbocycles. The van der Waals surface area contributed by atoms with Crippen molar-refractivity contribution in [3.05, 3.63) is 47.1 Å². The second kappa shape index (κ2) is 11.9. The number of carbonyl (C=O) groups is 2. The lowest BCUT2D eigenvalue weighted by molar-refractivity contribution is -0.129. The number of hydrogen-bond acceptors (Lipinski definition) is 3. The van der Waals surface area contributed by atoms with Crippen molar-refractivity contribution in [2.24, 2.45) is 0 Å². The van der Waals surface area contributed by atoms with Crippen LogP contribution in [-0.4, -0.2) is 28.6 Å². The van der Waals surface area contributed by atoms with Crippen LogP contribution in [0.4, 0.5) is 0 Å². The molecule has 1 rings (SSSR count). The Morgan fingerprint density at radius 1 is 1.24 bits per heavy atom. The third kappa shape index (κ3) is 7.67. The number of nitrogens with one attached hydrogen (secondary N) is 3. The van der Waals surface area contributed by atoms with Crippen LogP contribution in [0, 0.1) is 0 Å². The summed E-state index contributed by atoms with van der Waals surface area (Å²) in [4.78, 5) is 26.2. The molecule has 0 aliphatic heterocycles. The van der Waals surface area contributed by atoms with Crippen molar-refractivity contribution in [3.63, 3.8) is 0 Å². The van der Waals surface area contributed by atoms with Crippen LogP contribution in [0.3, 0.4) is 0 Å². The van der Waals surface area contributed by atoms with Gasteiger partial charge in [-0.3, -0.25) is 14.8 Å². The Kier molecular flexibility index (Phi) is 9.70. The van der Waals surface area contributed by atoms with E-state index in [1.165, 1.54) is 0 Å². The summed E-state index contributed by atoms with van der Waals surface area (Å²) < 4.78 is 0. The number of hydrogen-bond donors (Lipinski definition) is 4. The van der Waals surface area contributed by atoms with Gasteiger partial charge in [-0.1, -0.05) is 43.7 Å². The van der Waals surface area contributed by atoms with Gasteiger partial charge < -0.3 is 10.3 Å². The molecule has 0 saturated heterocycles. The van der Waals surface area contributed by atoms with Gasteiger partial charge in [-0.25, -0.2) is 5.48 Å². The second-order valence-corrected chi connectivity index (χ2v) is 5.60. The van der Waals surface area contributed by atoms with Crippen molar-refractivity contribution >= 4 is 24.0 Å². The minimum absolute atomic E-state index is 0.140. The topological polar surface area (TPSA) is 94.2 Å². The monoisotopic (exact) mass is 345 g/mol. The molecule has 6 nitrogen and oxygen atoms in total. The van der Waals surface area contributed by atoms with Crippen molar-refractivity contribution in [1.29, 1.82) is 0 Å². The third-order valence-corrected chi connectivity index (χ3v) is 3.62. The number of hydroxylamine groups is 1. The number of aromatic amines is 1. The lowest BCUT2D eigenvalue weighted by Crippen LogP contribution is -2.25. The highest BCUT2D eigenvalue weighted by Crippen LogP contribution is 2.02. The Bertz CT molecular complexity index is 717. The van der Waals surface area contributed by atoms with Crippen LogP contribution >= 0.6 is 0 Å². The molecule has 0 saturated carbocycles. The van der Waals surface area contributed by atoms with Gasteiger partial charge in [0.05, 0.1) is 0 Å². The summed E-state index contributed by atoms with van der Waals surface area (Å²) in [5, 5.41) is 13.1. The average Bonchev–Trinajstić information content (AvgIpc) is 3.02. The summed E-state index contributed by atoms with van der Waals surface area (Å²) in [5.41, 5.74) is 2.13. The van der Waals surface area contributed by atoms with E-state index in [2.05, 4.69) is 16.9 Å². The maximum Gasteiger partial charge on any atom is 0.267 e. The molecule has 2 amide bonds. The van der Waals surface area contributed by atoms with Crippen molar-refractivity contribution in [3.8, 4) is 0 Å². The van der Waals surface area contributed by atoms with E-state index in [1.807, 2.05) is 31.2 Å². The molecule has 136 valence electrons. The van der Waals surface area contributed by atoms with Crippen LogP contribution < -0.4 is 21.4 Å². The van der Waals surface area contributed by atoms with Gasteiger partial charge in [0.1, 0.15) is 5.69 Å². The van der Waals surface area contributed by atoms with Crippen molar-refractivity contribution < 1.29 is 14.8 Å². The van der Waals surface area contributed by atoms with Crippen LogP contribution in [0.25, 0.3) is 12.2 Å². The largest absolute Gasteiger partial charge is 0.351 e. The maximum absolute atomic E-state index is 12.2. The van der Waals surface area contributed by atoms with Gasteiger partial charge in [0.15, 0.2) is 0 Å². The molecule has 6 heteroatoms. The Balaban J connectivity index is 2.46. The van der Waals surface area contributed by atoms with Gasteiger partial charge in [-0.15, -0.1) is 0 Å². The van der Waals surface area contributed by atoms with Gasteiger partial charge in [0.25, 0.3) is 5.91 Å². The fourth-order valence-corrected chi connectivity index (χ4v) is 2.32. The summed E-state index contributed by atoms with van der Waals surface area (Å²) in [7, 11) is 0. The molecule has 1 aromatic rings. The minimum Gasteiger partial charge on any atom is -0.351 e. The highest BCUT2D eigenvalue weighted by Gasteiger charge is 2.06. The predicted octanol–water partition coefficient (Wildman–Crippen LogP) is 1.52. The fourth-order valence-electron chi connectivity index (χ4n) is 2.32. The smallest absolute Gasteiger partial charge is 0.267 e. The number of amides is 2. The van der Waals surface area contributed by atoms with E-state index in [9.17, 15) is 9.59 Å². The summed E-state index contributed by atoms with van der Waals surface area (Å²) in [6, 6.07) is 1.81. The summed E-state index contributed by atoms with van der Waals surface area (Å²) >= 11 is 0. The van der Waals surface area contributed by atoms with Gasteiger partial charge in [0, 0.05) is 23.5 Å². The lowest BCUT2D eigenvalue weighted by atomic mass is 10.1. The van der Waals surface area contributed by atoms with Gasteiger partial charge in [-0.2, -0.15) is 0 Å². The normalized spacial score (nSPS) is 12.6. The van der Waals surface area contributed by atoms with Crippen LogP contribution in [0.2, 0.25) is 0 Å². The second-order valence-electron chi connectivity index (χ2n) is 5.60. The average molecular weight is 345 g/mol. The first-order valence-corrected chi connectivity index (χ1v) is 8.48. The summed E-state index contributed by atoms with van der Waals surface area (Å²) in [6.45, 7) is 6.20. The van der Waals surface area contributed by atoms with Crippen LogP contribution in [0.5, 0.6) is 0 Å². The molecule has 0 atom stereocenters. The zero-order valence-electron chi connectivity index (χ0n) is 14.7. The van der Waals surface area contributed by atoms with Crippen LogP contribution in [0.15, 0.2) is 30.9 Å². The summed E-state index contributed by atoms with van der Waals surface area (Å²) in [6.07, 6.45) is 13.0. The predicted molar refractivity (Wildman–Crippen MR) is 99.3 cm³/mol. The lowest BCUT2D eigenvalue weighted by Gasteiger charge is -2.03. The van der Waals surface area contributed by atoms with E-state index < -0.39 is 0 Å². The van der Waals surface area contributed by atoms with Gasteiger partial charge in [-0.05, 0) is 31.9 Å². The van der Waals surface area contributed by atoms with Gasteiger partial charge in [0.2, 0.25) is 5.91 Å². The minimum atomic E-state index is -0.363. The molecule has 0 radical (unpaired) electrons. The van der Waals surface area contributed by atoms with E-state index in [1.54, 1.807) is 17.6 Å². The van der Waals surface area contributed by atoms with Crippen molar-refractivity contribution in [2.75, 3.05) is 6.54 Å². The molecule has 1 heterocycles. The van der Waals surface area contributed by atoms with Crippen LogP contribution in [0.1, 0.15) is 49.5 Å². The Labute approximate surface area is 148 Å². The van der Waals surface area contributed by atoms with E-state index in [0.29, 0.717) is 18.7 Å². The molecule has 0 bridgehead atoms. The number of carbonyl (C=O) groups excluding carboxylic acids is 2. The molecule has 0 spiro atoms. The highest BCUT2D eigenvalue weighted by molar-refractivity contribution is 5.92.